The number of nitrogens with two attached hydrogens (primary N) is 1. The van der Waals surface area contributed by atoms with E-state index in [1.165, 1.54) is 0 Å². The molecular weight excluding hydrogens is 884 g/mol. The van der Waals surface area contributed by atoms with Gasteiger partial charge in [-0.15, -0.1) is 5.10 Å². The summed E-state index contributed by atoms with van der Waals surface area (Å²) < 4.78 is 34.6. The lowest BCUT2D eigenvalue weighted by Crippen LogP contribution is -2.62. The molecule has 3 aliphatic rings. The molecule has 3 aromatic rings. The molecule has 3 unspecified atom stereocenters. The Morgan fingerprint density at radius 1 is 1.03 bits per heavy atom. The average Bonchev–Trinajstić information content (AvgIpc) is 3.83. The molecule has 0 spiro atoms. The summed E-state index contributed by atoms with van der Waals surface area (Å²) in [5.74, 6) is -3.34. The van der Waals surface area contributed by atoms with Crippen LogP contribution in [0.2, 0.25) is 0 Å². The molecule has 0 bridgehead atoms. The van der Waals surface area contributed by atoms with Crippen LogP contribution in [0.1, 0.15) is 93.1 Å². The Labute approximate surface area is 386 Å². The van der Waals surface area contributed by atoms with Gasteiger partial charge in [0.2, 0.25) is 0 Å². The number of amides is 1. The second kappa shape index (κ2) is 21.1. The monoisotopic (exact) mass is 952 g/mol. The highest BCUT2D eigenvalue weighted by Gasteiger charge is 2.59. The number of aromatic nitrogens is 3. The number of nitrogen functional groups attached to an aromatic ring is 1. The number of esters is 1. The standard InChI is InChI=1S/C48H69BrN6O9/c1-10-39-48(8)42(55(46(59)64-48)20-12-11-19-54-27-38(52-53-54)34-16-14-18-36(50)24-34)37(23-33-15-13-17-35(49)22-33)51-26-28(2)25-47(7,60-9)43(31(5)41(57)32(6)44(58)62-39)63-45-40(56)29(3)21-30(4)61-45/h13-18,22,24,27-32,37,39-40,42-43,45,51,56H,10-12,19-21,23,25-26,50H2,1-9H3/t28-,29?,30?,31+,32-,37-,39-,40?,42-,43-,45+,47-,48-/m1/s1. The van der Waals surface area contributed by atoms with Crippen molar-refractivity contribution in [2.75, 3.05) is 25.9 Å². The number of aryl methyl sites for hydroxylation is 1. The van der Waals surface area contributed by atoms with E-state index >= 15 is 0 Å². The van der Waals surface area contributed by atoms with E-state index in [-0.39, 0.29) is 24.0 Å². The number of halogens is 1. The summed E-state index contributed by atoms with van der Waals surface area (Å²) in [6, 6.07) is 14.6. The van der Waals surface area contributed by atoms with Crippen molar-refractivity contribution in [3.8, 4) is 11.3 Å². The van der Waals surface area contributed by atoms with E-state index in [9.17, 15) is 19.5 Å². The first-order chi connectivity index (χ1) is 30.4. The zero-order valence-corrected chi connectivity index (χ0v) is 40.5. The Morgan fingerprint density at radius 3 is 2.47 bits per heavy atom. The number of rotatable bonds is 12. The molecule has 3 saturated heterocycles. The van der Waals surface area contributed by atoms with Crippen LogP contribution < -0.4 is 11.1 Å². The average molecular weight is 954 g/mol. The molecule has 1 aromatic heterocycles. The number of benzene rings is 2. The number of nitrogens with zero attached hydrogens (tertiary/aromatic N) is 4. The first-order valence-corrected chi connectivity index (χ1v) is 23.7. The second-order valence-corrected chi connectivity index (χ2v) is 19.8. The predicted octanol–water partition coefficient (Wildman–Crippen LogP) is 6.98. The van der Waals surface area contributed by atoms with Gasteiger partial charge in [-0.25, -0.2) is 4.79 Å². The van der Waals surface area contributed by atoms with Crippen LogP contribution in [0.15, 0.2) is 59.2 Å². The molecule has 16 heteroatoms. The molecule has 3 aliphatic heterocycles. The number of ether oxygens (including phenoxy) is 5. The third-order valence-corrected chi connectivity index (χ3v) is 14.2. The molecule has 2 aromatic carbocycles. The Hall–Kier alpha value is -3.93. The van der Waals surface area contributed by atoms with Gasteiger partial charge in [-0.1, -0.05) is 73.1 Å². The lowest BCUT2D eigenvalue weighted by molar-refractivity contribution is -0.294. The Bertz CT molecular complexity index is 2070. The van der Waals surface area contributed by atoms with E-state index in [1.807, 2.05) is 77.2 Å². The molecule has 64 heavy (non-hydrogen) atoms. The van der Waals surface area contributed by atoms with Gasteiger partial charge >= 0.3 is 12.1 Å². The molecule has 0 aliphatic carbocycles. The minimum Gasteiger partial charge on any atom is -0.458 e. The fourth-order valence-corrected chi connectivity index (χ4v) is 10.6. The van der Waals surface area contributed by atoms with Crippen LogP contribution in [0.4, 0.5) is 10.5 Å². The van der Waals surface area contributed by atoms with Crippen LogP contribution in [0, 0.1) is 23.7 Å². The van der Waals surface area contributed by atoms with Gasteiger partial charge < -0.3 is 39.8 Å². The van der Waals surface area contributed by atoms with Crippen molar-refractivity contribution in [2.24, 2.45) is 23.7 Å². The van der Waals surface area contributed by atoms with Crippen molar-refractivity contribution in [3.63, 3.8) is 0 Å². The lowest BCUT2D eigenvalue weighted by Gasteiger charge is -2.45. The summed E-state index contributed by atoms with van der Waals surface area (Å²) in [4.78, 5) is 44.8. The van der Waals surface area contributed by atoms with Gasteiger partial charge in [0.25, 0.3) is 0 Å². The summed E-state index contributed by atoms with van der Waals surface area (Å²) in [6.07, 6.45) is 0.732. The van der Waals surface area contributed by atoms with Gasteiger partial charge in [0, 0.05) is 47.9 Å². The van der Waals surface area contributed by atoms with Gasteiger partial charge in [0.05, 0.1) is 30.0 Å². The number of hydrogen-bond donors (Lipinski definition) is 3. The Balaban J connectivity index is 1.32. The van der Waals surface area contributed by atoms with E-state index in [1.54, 1.807) is 30.5 Å². The van der Waals surface area contributed by atoms with Crippen molar-refractivity contribution in [1.82, 2.24) is 25.2 Å². The number of carbonyl (C=O) groups excluding carboxylic acids is 3. The van der Waals surface area contributed by atoms with Crippen molar-refractivity contribution < 1.29 is 43.2 Å². The second-order valence-electron chi connectivity index (χ2n) is 18.9. The molecule has 15 nitrogen and oxygen atoms in total. The molecule has 1 amide bonds. The van der Waals surface area contributed by atoms with Crippen LogP contribution in [0.3, 0.4) is 0 Å². The molecule has 352 valence electrons. The number of anilines is 1. The molecule has 4 heterocycles. The summed E-state index contributed by atoms with van der Waals surface area (Å²) in [6.45, 7) is 16.4. The normalized spacial score (nSPS) is 34.4. The molecule has 6 rings (SSSR count). The zero-order chi connectivity index (χ0) is 46.5. The Morgan fingerprint density at radius 2 is 1.77 bits per heavy atom. The quantitative estimate of drug-likeness (QED) is 0.0731. The first-order valence-electron chi connectivity index (χ1n) is 22.9. The number of nitrogens with one attached hydrogen (secondary N) is 1. The largest absolute Gasteiger partial charge is 0.458 e. The van der Waals surface area contributed by atoms with Crippen LogP contribution in [0.5, 0.6) is 0 Å². The van der Waals surface area contributed by atoms with Crippen molar-refractivity contribution in [1.29, 1.82) is 0 Å². The topological polar surface area (TPSA) is 190 Å². The van der Waals surface area contributed by atoms with E-state index in [4.69, 9.17) is 29.4 Å². The van der Waals surface area contributed by atoms with Crippen LogP contribution in [-0.4, -0.2) is 117 Å². The highest BCUT2D eigenvalue weighted by molar-refractivity contribution is 9.10. The maximum absolute atomic E-state index is 14.5. The first kappa shape index (κ1) is 49.5. The van der Waals surface area contributed by atoms with E-state index in [0.717, 1.165) is 21.3 Å². The van der Waals surface area contributed by atoms with Gasteiger partial charge in [-0.05, 0) is 114 Å². The molecule has 0 radical (unpaired) electrons. The SMILES string of the molecule is CC[C@H]1OC(=O)[C@H](C)C(=O)[C@H](C)[C@@H](O[C@@H]2OC(C)CC(C)C2O)[C@](C)(OC)C[C@@H](C)CN[C@H](Cc2cccc(Br)c2)[C@H]2N(CCCCn3cc(-c4cccc(N)c4)nn3)C(=O)O[C@]12C. The van der Waals surface area contributed by atoms with E-state index in [0.29, 0.717) is 63.8 Å². The number of ketones is 1. The highest BCUT2D eigenvalue weighted by atomic mass is 79.9. The molecule has 3 fully saturated rings. The van der Waals surface area contributed by atoms with Crippen LogP contribution in [0.25, 0.3) is 11.3 Å². The molecule has 13 atom stereocenters. The highest BCUT2D eigenvalue weighted by Crippen LogP contribution is 2.41. The molecule has 4 N–H and O–H groups in total. The van der Waals surface area contributed by atoms with E-state index in [2.05, 4.69) is 50.6 Å². The summed E-state index contributed by atoms with van der Waals surface area (Å²) >= 11 is 3.65. The fraction of sp³-hybridized carbons (Fsp3) is 0.646. The smallest absolute Gasteiger partial charge is 0.410 e. The number of aliphatic hydroxyl groups is 1. The zero-order valence-electron chi connectivity index (χ0n) is 38.9. The minimum atomic E-state index is -1.31. The number of cyclic esters (lactones) is 1. The summed E-state index contributed by atoms with van der Waals surface area (Å²) in [5.41, 5.74) is 6.91. The number of methoxy groups -OCH3 is 1. The predicted molar refractivity (Wildman–Crippen MR) is 246 cm³/mol. The lowest BCUT2D eigenvalue weighted by atomic mass is 9.78. The molecular formula is C48H69BrN6O9. The van der Waals surface area contributed by atoms with Crippen molar-refractivity contribution in [3.05, 3.63) is 64.8 Å². The third kappa shape index (κ3) is 11.2. The number of hydrogen-bond acceptors (Lipinski definition) is 13. The van der Waals surface area contributed by atoms with Crippen LogP contribution in [-0.2, 0) is 46.2 Å². The van der Waals surface area contributed by atoms with Gasteiger partial charge in [-0.3, -0.25) is 19.2 Å². The Kier molecular flexibility index (Phi) is 16.4. The summed E-state index contributed by atoms with van der Waals surface area (Å²) in [5, 5.41) is 23.8. The van der Waals surface area contributed by atoms with Crippen molar-refractivity contribution >= 4 is 39.5 Å². The van der Waals surface area contributed by atoms with Gasteiger partial charge in [-0.2, -0.15) is 0 Å². The van der Waals surface area contributed by atoms with Crippen LogP contribution >= 0.6 is 15.9 Å². The maximum atomic E-state index is 14.5. The molecule has 0 saturated carbocycles. The number of Topliss-reactive ketones (excluding diaryl/α,β-unsaturated/α-hetero) is 1. The summed E-state index contributed by atoms with van der Waals surface area (Å²) in [7, 11) is 1.59. The van der Waals surface area contributed by atoms with Gasteiger partial charge in [0.1, 0.15) is 23.8 Å². The van der Waals surface area contributed by atoms with E-state index < -0.39 is 71.5 Å². The van der Waals surface area contributed by atoms with Gasteiger partial charge in [0.15, 0.2) is 17.7 Å². The number of unbranched alkanes of at least 4 members (excludes halogenated alkanes) is 1. The maximum Gasteiger partial charge on any atom is 0.410 e. The number of aliphatic hydroxyl groups excluding tert-OH is 1. The minimum absolute atomic E-state index is 0.0570. The fourth-order valence-electron chi connectivity index (χ4n) is 10.1. The number of carbonyl (C=O) groups is 3. The number of fused-ring (bicyclic) bond motifs is 1. The van der Waals surface area contributed by atoms with Crippen molar-refractivity contribution in [2.45, 2.75) is 154 Å². The third-order valence-electron chi connectivity index (χ3n) is 13.7.